The Kier molecular flexibility index (Phi) is 4.95. The second-order valence-corrected chi connectivity index (χ2v) is 7.34. The van der Waals surface area contributed by atoms with E-state index in [1.807, 2.05) is 25.4 Å². The Balaban J connectivity index is 2.29. The minimum Gasteiger partial charge on any atom is -0.312 e. The first-order chi connectivity index (χ1) is 8.63. The highest BCUT2D eigenvalue weighted by Gasteiger charge is 2.22. The molecule has 0 saturated carbocycles. The van der Waals surface area contributed by atoms with Gasteiger partial charge in [-0.15, -0.1) is 11.3 Å². The third kappa shape index (κ3) is 3.02. The van der Waals surface area contributed by atoms with E-state index in [2.05, 4.69) is 61.2 Å². The summed E-state index contributed by atoms with van der Waals surface area (Å²) in [5.41, 5.74) is 1.11. The number of hydrogen-bond donors (Lipinski definition) is 1. The van der Waals surface area contributed by atoms with Gasteiger partial charge in [0.1, 0.15) is 0 Å². The van der Waals surface area contributed by atoms with Crippen LogP contribution in [0.1, 0.15) is 29.5 Å². The molecule has 2 heterocycles. The van der Waals surface area contributed by atoms with Crippen LogP contribution in [0.3, 0.4) is 0 Å². The van der Waals surface area contributed by atoms with Crippen LogP contribution in [0, 0.1) is 0 Å². The van der Waals surface area contributed by atoms with E-state index in [-0.39, 0.29) is 6.04 Å². The minimum atomic E-state index is 0.271. The Morgan fingerprint density at radius 1 is 1.33 bits per heavy atom. The van der Waals surface area contributed by atoms with Crippen molar-refractivity contribution in [3.05, 3.63) is 49.3 Å². The highest BCUT2D eigenvalue weighted by atomic mass is 79.9. The Morgan fingerprint density at radius 2 is 2.11 bits per heavy atom. The van der Waals surface area contributed by atoms with Crippen LogP contribution < -0.4 is 5.32 Å². The van der Waals surface area contributed by atoms with Crippen LogP contribution in [0.4, 0.5) is 0 Å². The maximum absolute atomic E-state index is 4.44. The molecule has 2 atom stereocenters. The zero-order valence-electron chi connectivity index (χ0n) is 10.2. The van der Waals surface area contributed by atoms with Gasteiger partial charge in [0.25, 0.3) is 0 Å². The molecular formula is C13H14Br2N2S. The lowest BCUT2D eigenvalue weighted by atomic mass is 9.96. The van der Waals surface area contributed by atoms with Gasteiger partial charge < -0.3 is 5.32 Å². The zero-order chi connectivity index (χ0) is 13.1. The fourth-order valence-corrected chi connectivity index (χ4v) is 4.28. The van der Waals surface area contributed by atoms with E-state index < -0.39 is 0 Å². The molecule has 5 heteroatoms. The molecule has 0 aliphatic carbocycles. The van der Waals surface area contributed by atoms with Crippen molar-refractivity contribution in [2.45, 2.75) is 18.9 Å². The smallest absolute Gasteiger partial charge is 0.0843 e. The molecule has 2 aromatic rings. The van der Waals surface area contributed by atoms with E-state index in [4.69, 9.17) is 0 Å². The highest BCUT2D eigenvalue weighted by molar-refractivity contribution is 9.13. The first-order valence-corrected chi connectivity index (χ1v) is 8.06. The standard InChI is InChI=1S/C13H14Br2N2S/c1-8(10-5-3-4-6-17-10)12(16-2)11-7-9(14)13(15)18-11/h3-8,12,16H,1-2H3. The SMILES string of the molecule is CNC(c1cc(Br)c(Br)s1)C(C)c1ccccn1. The molecule has 0 amide bonds. The largest absolute Gasteiger partial charge is 0.312 e. The minimum absolute atomic E-state index is 0.271. The molecule has 2 unspecified atom stereocenters. The number of likely N-dealkylation sites (N-methyl/N-ethyl adjacent to an activating group) is 1. The van der Waals surface area contributed by atoms with E-state index in [0.717, 1.165) is 14.0 Å². The Bertz CT molecular complexity index is 493. The number of nitrogens with one attached hydrogen (secondary N) is 1. The Labute approximate surface area is 128 Å². The van der Waals surface area contributed by atoms with Crippen LogP contribution in [0.2, 0.25) is 0 Å². The third-order valence-electron chi connectivity index (χ3n) is 2.94. The molecular weight excluding hydrogens is 376 g/mol. The molecule has 0 aliphatic rings. The summed E-state index contributed by atoms with van der Waals surface area (Å²) in [5, 5.41) is 3.39. The van der Waals surface area contributed by atoms with Crippen LogP contribution in [0.15, 0.2) is 38.7 Å². The van der Waals surface area contributed by atoms with Gasteiger partial charge in [0.05, 0.1) is 3.79 Å². The highest BCUT2D eigenvalue weighted by Crippen LogP contribution is 2.39. The number of pyridine rings is 1. The number of aromatic nitrogens is 1. The molecule has 0 aromatic carbocycles. The van der Waals surface area contributed by atoms with Gasteiger partial charge in [-0.1, -0.05) is 13.0 Å². The van der Waals surface area contributed by atoms with Crippen LogP contribution in [0.5, 0.6) is 0 Å². The van der Waals surface area contributed by atoms with Gasteiger partial charge in [-0.25, -0.2) is 0 Å². The molecule has 96 valence electrons. The number of halogens is 2. The molecule has 2 nitrogen and oxygen atoms in total. The molecule has 2 rings (SSSR count). The fraction of sp³-hybridized carbons (Fsp3) is 0.308. The fourth-order valence-electron chi connectivity index (χ4n) is 1.97. The van der Waals surface area contributed by atoms with Crippen molar-refractivity contribution >= 4 is 43.2 Å². The predicted molar refractivity (Wildman–Crippen MR) is 84.2 cm³/mol. The maximum atomic E-state index is 4.44. The normalized spacial score (nSPS) is 14.4. The summed E-state index contributed by atoms with van der Waals surface area (Å²) >= 11 is 8.84. The van der Waals surface area contributed by atoms with Gasteiger partial charge >= 0.3 is 0 Å². The van der Waals surface area contributed by atoms with Crippen LogP contribution in [0.25, 0.3) is 0 Å². The van der Waals surface area contributed by atoms with E-state index in [9.17, 15) is 0 Å². The van der Waals surface area contributed by atoms with Crippen molar-refractivity contribution in [2.24, 2.45) is 0 Å². The van der Waals surface area contributed by atoms with Crippen molar-refractivity contribution in [3.63, 3.8) is 0 Å². The summed E-state index contributed by atoms with van der Waals surface area (Å²) in [7, 11) is 1.99. The van der Waals surface area contributed by atoms with Crippen molar-refractivity contribution in [3.8, 4) is 0 Å². The zero-order valence-corrected chi connectivity index (χ0v) is 14.1. The third-order valence-corrected chi connectivity index (χ3v) is 6.28. The molecule has 2 aromatic heterocycles. The lowest BCUT2D eigenvalue weighted by Gasteiger charge is -2.22. The molecule has 0 radical (unpaired) electrons. The van der Waals surface area contributed by atoms with Gasteiger partial charge in [-0.2, -0.15) is 0 Å². The summed E-state index contributed by atoms with van der Waals surface area (Å²) in [6.45, 7) is 2.20. The van der Waals surface area contributed by atoms with Crippen molar-refractivity contribution in [1.82, 2.24) is 10.3 Å². The first-order valence-electron chi connectivity index (χ1n) is 5.66. The Morgan fingerprint density at radius 3 is 2.61 bits per heavy atom. The van der Waals surface area contributed by atoms with Crippen molar-refractivity contribution in [2.75, 3.05) is 7.05 Å². The van der Waals surface area contributed by atoms with Crippen LogP contribution >= 0.6 is 43.2 Å². The summed E-state index contributed by atoms with van der Waals surface area (Å²) in [5.74, 6) is 0.327. The second-order valence-electron chi connectivity index (χ2n) is 4.08. The summed E-state index contributed by atoms with van der Waals surface area (Å²) < 4.78 is 2.24. The van der Waals surface area contributed by atoms with E-state index in [1.165, 1.54) is 4.88 Å². The van der Waals surface area contributed by atoms with E-state index >= 15 is 0 Å². The van der Waals surface area contributed by atoms with Gasteiger partial charge in [-0.05, 0) is 57.1 Å². The molecule has 0 spiro atoms. The molecule has 18 heavy (non-hydrogen) atoms. The van der Waals surface area contributed by atoms with Crippen molar-refractivity contribution < 1.29 is 0 Å². The van der Waals surface area contributed by atoms with Crippen LogP contribution in [-0.2, 0) is 0 Å². The monoisotopic (exact) mass is 388 g/mol. The first kappa shape index (κ1) is 14.2. The topological polar surface area (TPSA) is 24.9 Å². The summed E-state index contributed by atoms with van der Waals surface area (Å²) in [6, 6.07) is 8.49. The molecule has 0 bridgehead atoms. The molecule has 0 fully saturated rings. The quantitative estimate of drug-likeness (QED) is 0.817. The maximum Gasteiger partial charge on any atom is 0.0843 e. The summed E-state index contributed by atoms with van der Waals surface area (Å²) in [6.07, 6.45) is 1.85. The number of hydrogen-bond acceptors (Lipinski definition) is 3. The van der Waals surface area contributed by atoms with E-state index in [1.54, 1.807) is 11.3 Å². The number of nitrogens with zero attached hydrogens (tertiary/aromatic N) is 1. The molecule has 0 aliphatic heterocycles. The van der Waals surface area contributed by atoms with Gasteiger partial charge in [0.15, 0.2) is 0 Å². The lowest BCUT2D eigenvalue weighted by molar-refractivity contribution is 0.506. The van der Waals surface area contributed by atoms with Crippen molar-refractivity contribution in [1.29, 1.82) is 0 Å². The van der Waals surface area contributed by atoms with E-state index in [0.29, 0.717) is 5.92 Å². The van der Waals surface area contributed by atoms with Gasteiger partial charge in [-0.3, -0.25) is 4.98 Å². The predicted octanol–water partition coefficient (Wildman–Crippen LogP) is 4.73. The molecule has 1 N–H and O–H groups in total. The Hall–Kier alpha value is -0.230. The second kappa shape index (κ2) is 6.28. The lowest BCUT2D eigenvalue weighted by Crippen LogP contribution is -2.21. The molecule has 0 saturated heterocycles. The van der Waals surface area contributed by atoms with Gasteiger partial charge in [0.2, 0.25) is 0 Å². The average molecular weight is 390 g/mol. The number of thiophene rings is 1. The summed E-state index contributed by atoms with van der Waals surface area (Å²) in [4.78, 5) is 5.74. The van der Waals surface area contributed by atoms with Crippen LogP contribution in [-0.4, -0.2) is 12.0 Å². The average Bonchev–Trinajstić information content (AvgIpc) is 2.71. The number of rotatable bonds is 4. The van der Waals surface area contributed by atoms with Gasteiger partial charge in [0, 0.05) is 33.2 Å².